The molecule has 156 valence electrons. The maximum atomic E-state index is 9.52. The summed E-state index contributed by atoms with van der Waals surface area (Å²) < 4.78 is 248. The Balaban J connectivity index is 2.36. The second-order valence-corrected chi connectivity index (χ2v) is 6.80. The van der Waals surface area contributed by atoms with Gasteiger partial charge in [-0.3, -0.25) is 4.40 Å². The van der Waals surface area contributed by atoms with Crippen LogP contribution in [-0.4, -0.2) is 9.38 Å². The molecule has 2 aromatic heterocycles. The number of rotatable bonds is 1. The molecular weight excluding hydrogens is 376 g/mol. The van der Waals surface area contributed by atoms with Gasteiger partial charge in [-0.25, -0.2) is 4.98 Å². The van der Waals surface area contributed by atoms with Gasteiger partial charge in [-0.1, -0.05) is 89.5 Å². The summed E-state index contributed by atoms with van der Waals surface area (Å²) in [7, 11) is 0. The standard InChI is InChI=1S/C29H30N2/c1-28(2,3)20-13-11-19(12-14-20)24-17-21(29(4,5)6)18-25-22-9-7-8-10-23(22)27-30-15-16-31(27)26(24)25/h7-18H,1-6H3/i1D3,2D3,3D3,4D3,5D3,6D3,7D,8D,9D,11D,12D,13D,14D,15D,16D,17D,18D. The van der Waals surface area contributed by atoms with Gasteiger partial charge in [0.1, 0.15) is 5.65 Å². The van der Waals surface area contributed by atoms with Gasteiger partial charge in [-0.2, -0.15) is 0 Å². The Labute approximate surface area is 225 Å². The molecule has 0 amide bonds. The lowest BCUT2D eigenvalue weighted by molar-refractivity contribution is 0.590. The van der Waals surface area contributed by atoms with Crippen LogP contribution in [0.15, 0.2) is 72.8 Å². The zero-order valence-electron chi connectivity index (χ0n) is 44.5. The lowest BCUT2D eigenvalue weighted by Gasteiger charge is -2.23. The van der Waals surface area contributed by atoms with Crippen LogP contribution in [0.1, 0.15) is 92.0 Å². The van der Waals surface area contributed by atoms with E-state index in [2.05, 4.69) is 4.98 Å². The quantitative estimate of drug-likeness (QED) is 0.245. The summed E-state index contributed by atoms with van der Waals surface area (Å²) in [5.41, 5.74) is -15.9. The van der Waals surface area contributed by atoms with Gasteiger partial charge in [0, 0.05) is 53.4 Å². The molecule has 31 heavy (non-hydrogen) atoms. The third kappa shape index (κ3) is 3.22. The van der Waals surface area contributed by atoms with E-state index in [0.717, 1.165) is 6.07 Å². The predicted octanol–water partition coefficient (Wildman–Crippen LogP) is 7.90. The number of hydrogen-bond acceptors (Lipinski definition) is 1. The van der Waals surface area contributed by atoms with Crippen LogP contribution in [0.4, 0.5) is 0 Å². The minimum atomic E-state index is -4.27. The fourth-order valence-corrected chi connectivity index (χ4v) is 3.22. The lowest BCUT2D eigenvalue weighted by Crippen LogP contribution is -2.12. The number of nitrogens with zero attached hydrogens (tertiary/aromatic N) is 2. The van der Waals surface area contributed by atoms with Crippen LogP contribution < -0.4 is 0 Å². The van der Waals surface area contributed by atoms with Gasteiger partial charge in [-0.15, -0.1) is 0 Å². The molecule has 0 aliphatic heterocycles. The van der Waals surface area contributed by atoms with E-state index in [1.165, 1.54) is 0 Å². The summed E-state index contributed by atoms with van der Waals surface area (Å²) in [6.45, 7) is -25.2. The van der Waals surface area contributed by atoms with E-state index < -0.39 is 168 Å². The van der Waals surface area contributed by atoms with Crippen molar-refractivity contribution in [3.05, 3.63) is 83.9 Å². The smallest absolute Gasteiger partial charge is 0.145 e. The molecule has 0 fully saturated rings. The molecule has 0 bridgehead atoms. The minimum Gasteiger partial charge on any atom is -0.299 e. The highest BCUT2D eigenvalue weighted by Crippen LogP contribution is 2.39. The third-order valence-electron chi connectivity index (χ3n) is 4.59. The first-order chi connectivity index (χ1) is 26.7. The SMILES string of the molecule is [2H]c1cc2c(c([2H])c1[2H])c1c([2H])c(C(C([2H])([2H])[2H])(C([2H])([2H])[2H])C([2H])([2H])[2H])c([2H])c(-c3c([2H])c([2H])c(C(C([2H])([2H])[2H])(C([2H])([2H])[2H])C([2H])([2H])[2H])c([2H])c3[2H])c1n1c([2H])c([2H])nc21. The summed E-state index contributed by atoms with van der Waals surface area (Å²) in [5, 5.41) is -2.10. The molecule has 0 saturated heterocycles. The van der Waals surface area contributed by atoms with E-state index in [1.807, 2.05) is 0 Å². The first-order valence-corrected chi connectivity index (χ1v) is 8.70. The zero-order valence-corrected chi connectivity index (χ0v) is 15.5. The molecule has 3 aromatic carbocycles. The molecule has 0 saturated carbocycles. The van der Waals surface area contributed by atoms with E-state index in [-0.39, 0.29) is 0 Å². The number of fused-ring (bicyclic) bond motifs is 6. The Morgan fingerprint density at radius 1 is 0.806 bits per heavy atom. The fraction of sp³-hybridized carbons (Fsp3) is 0.276. The van der Waals surface area contributed by atoms with Crippen molar-refractivity contribution in [2.75, 3.05) is 0 Å². The van der Waals surface area contributed by atoms with Crippen molar-refractivity contribution >= 4 is 27.3 Å². The van der Waals surface area contributed by atoms with Crippen molar-refractivity contribution in [1.29, 1.82) is 0 Å². The minimum absolute atomic E-state index is 0.432. The van der Waals surface area contributed by atoms with E-state index in [1.54, 1.807) is 0 Å². The van der Waals surface area contributed by atoms with Crippen LogP contribution in [-0.2, 0) is 10.8 Å². The highest BCUT2D eigenvalue weighted by atomic mass is 15.0. The van der Waals surface area contributed by atoms with Crippen LogP contribution in [0.3, 0.4) is 0 Å². The van der Waals surface area contributed by atoms with E-state index in [0.29, 0.717) is 4.40 Å². The van der Waals surface area contributed by atoms with Crippen molar-refractivity contribution in [2.45, 2.75) is 51.9 Å². The van der Waals surface area contributed by atoms with Crippen molar-refractivity contribution in [1.82, 2.24) is 9.38 Å². The first kappa shape index (κ1) is 5.43. The maximum absolute atomic E-state index is 9.52. The topological polar surface area (TPSA) is 17.3 Å². The third-order valence-corrected chi connectivity index (χ3v) is 4.59. The highest BCUT2D eigenvalue weighted by molar-refractivity contribution is 6.15. The lowest BCUT2D eigenvalue weighted by atomic mass is 9.82. The van der Waals surface area contributed by atoms with Gasteiger partial charge < -0.3 is 0 Å². The molecule has 2 nitrogen and oxygen atoms in total. The number of pyridine rings is 1. The zero-order chi connectivity index (χ0) is 46.5. The Kier molecular flexibility index (Phi) is 1.17. The summed E-state index contributed by atoms with van der Waals surface area (Å²) in [6.07, 6.45) is -1.87. The normalized spacial score (nSPS) is 28.8. The van der Waals surface area contributed by atoms with Crippen molar-refractivity contribution in [3.8, 4) is 11.1 Å². The average Bonchev–Trinajstić information content (AvgIpc) is 3.33. The molecular formula is C29H30N2. The molecule has 0 unspecified atom stereocenters. The van der Waals surface area contributed by atoms with Gasteiger partial charge >= 0.3 is 0 Å². The van der Waals surface area contributed by atoms with Gasteiger partial charge in [-0.05, 0) is 45.0 Å². The maximum Gasteiger partial charge on any atom is 0.145 e. The van der Waals surface area contributed by atoms with Gasteiger partial charge in [0.05, 0.1) is 20.6 Å². The number of aromatic nitrogens is 2. The Morgan fingerprint density at radius 3 is 2.29 bits per heavy atom. The fourth-order valence-electron chi connectivity index (χ4n) is 3.22. The van der Waals surface area contributed by atoms with E-state index >= 15 is 0 Å². The van der Waals surface area contributed by atoms with Gasteiger partial charge in [0.25, 0.3) is 0 Å². The second kappa shape index (κ2) is 6.68. The molecule has 5 rings (SSSR count). The molecule has 0 spiro atoms. The summed E-state index contributed by atoms with van der Waals surface area (Å²) in [4.78, 5) is 3.96. The van der Waals surface area contributed by atoms with E-state index in [4.69, 9.17) is 37.0 Å². The first-order valence-electron chi connectivity index (χ1n) is 23.2. The van der Waals surface area contributed by atoms with Crippen LogP contribution in [0.2, 0.25) is 0 Å². The Bertz CT molecular complexity index is 2530. The number of imidazole rings is 1. The van der Waals surface area contributed by atoms with Crippen molar-refractivity contribution in [2.24, 2.45) is 0 Å². The molecule has 0 aliphatic carbocycles. The number of hydrogen-bond donors (Lipinski definition) is 0. The van der Waals surface area contributed by atoms with Gasteiger partial charge in [0.15, 0.2) is 0 Å². The van der Waals surface area contributed by atoms with Crippen LogP contribution in [0, 0.1) is 0 Å². The van der Waals surface area contributed by atoms with Crippen molar-refractivity contribution < 1.29 is 39.8 Å². The van der Waals surface area contributed by atoms with Crippen LogP contribution in [0.5, 0.6) is 0 Å². The van der Waals surface area contributed by atoms with Gasteiger partial charge in [0.2, 0.25) is 0 Å². The van der Waals surface area contributed by atoms with E-state index in [9.17, 15) is 2.74 Å². The predicted molar refractivity (Wildman–Crippen MR) is 133 cm³/mol. The molecule has 0 aliphatic rings. The Morgan fingerprint density at radius 2 is 1.55 bits per heavy atom. The molecule has 0 radical (unpaired) electrons. The van der Waals surface area contributed by atoms with Crippen molar-refractivity contribution in [3.63, 3.8) is 0 Å². The molecule has 2 heterocycles. The average molecular weight is 436 g/mol. The molecule has 5 aromatic rings. The largest absolute Gasteiger partial charge is 0.299 e. The summed E-state index contributed by atoms with van der Waals surface area (Å²) >= 11 is 0. The second-order valence-electron chi connectivity index (χ2n) is 6.80. The number of benzene rings is 3. The summed E-state index contributed by atoms with van der Waals surface area (Å²) in [5.74, 6) is 0. The molecule has 0 N–H and O–H groups in total. The highest BCUT2D eigenvalue weighted by Gasteiger charge is 2.21. The summed E-state index contributed by atoms with van der Waals surface area (Å²) in [6, 6.07) is -11.2. The monoisotopic (exact) mass is 435 g/mol. The van der Waals surface area contributed by atoms with Crippen LogP contribution in [0.25, 0.3) is 38.4 Å². The molecule has 0 atom stereocenters. The van der Waals surface area contributed by atoms with Crippen LogP contribution >= 0.6 is 0 Å². The molecule has 2 heteroatoms. The Hall–Kier alpha value is -3.13.